The van der Waals surface area contributed by atoms with Crippen LogP contribution >= 0.6 is 0 Å². The maximum absolute atomic E-state index is 8.95. The zero-order valence-electron chi connectivity index (χ0n) is 13.4. The molecule has 1 heteroatoms. The number of benzene rings is 1. The highest BCUT2D eigenvalue weighted by Crippen LogP contribution is 2.43. The summed E-state index contributed by atoms with van der Waals surface area (Å²) < 4.78 is 0. The van der Waals surface area contributed by atoms with Crippen LogP contribution in [0, 0.1) is 11.3 Å². The van der Waals surface area contributed by atoms with Gasteiger partial charge in [-0.25, -0.2) is 0 Å². The van der Waals surface area contributed by atoms with Gasteiger partial charge in [0.25, 0.3) is 0 Å². The molecule has 1 aliphatic rings. The molecule has 0 aromatic heterocycles. The number of hydrogen-bond donors (Lipinski definition) is 1. The molecule has 1 saturated carbocycles. The molecule has 1 aromatic rings. The van der Waals surface area contributed by atoms with Crippen molar-refractivity contribution in [1.29, 1.82) is 0 Å². The fourth-order valence-corrected chi connectivity index (χ4v) is 3.58. The van der Waals surface area contributed by atoms with E-state index in [2.05, 4.69) is 45.0 Å². The molecule has 0 bridgehead atoms. The first kappa shape index (κ1) is 15.6. The van der Waals surface area contributed by atoms with Gasteiger partial charge in [-0.3, -0.25) is 0 Å². The van der Waals surface area contributed by atoms with E-state index in [9.17, 15) is 0 Å². The van der Waals surface area contributed by atoms with Crippen LogP contribution in [0.1, 0.15) is 69.9 Å². The fraction of sp³-hybridized carbons (Fsp3) is 0.684. The Kier molecular flexibility index (Phi) is 5.26. The molecule has 0 atom stereocenters. The zero-order valence-corrected chi connectivity index (χ0v) is 13.4. The highest BCUT2D eigenvalue weighted by atomic mass is 16.2. The molecule has 1 fully saturated rings. The highest BCUT2D eigenvalue weighted by molar-refractivity contribution is 5.27. The van der Waals surface area contributed by atoms with Gasteiger partial charge in [-0.15, -0.1) is 0 Å². The minimum absolute atomic E-state index is 0.293. The molecule has 0 amide bonds. The van der Waals surface area contributed by atoms with Crippen molar-refractivity contribution in [2.45, 2.75) is 65.2 Å². The van der Waals surface area contributed by atoms with Crippen LogP contribution < -0.4 is 0 Å². The largest absolute Gasteiger partial charge is 0.396 e. The van der Waals surface area contributed by atoms with Gasteiger partial charge in [0.15, 0.2) is 0 Å². The standard InChI is InChI=1S/C19H30O/c1-19(2,3)18-11-9-16(10-12-18)17-8-4-6-15(14-17)7-5-13-20/h4,6,8,14,16,18,20H,5,7,9-13H2,1-3H3. The predicted octanol–water partition coefficient (Wildman–Crippen LogP) is 4.93. The van der Waals surface area contributed by atoms with Gasteiger partial charge >= 0.3 is 0 Å². The van der Waals surface area contributed by atoms with Crippen LogP contribution in [0.2, 0.25) is 0 Å². The molecule has 0 spiro atoms. The van der Waals surface area contributed by atoms with E-state index in [0.717, 1.165) is 24.7 Å². The Morgan fingerprint density at radius 3 is 2.40 bits per heavy atom. The number of aliphatic hydroxyl groups is 1. The Morgan fingerprint density at radius 2 is 1.80 bits per heavy atom. The second-order valence-electron chi connectivity index (χ2n) is 7.49. The van der Waals surface area contributed by atoms with E-state index in [4.69, 9.17) is 5.11 Å². The molecule has 0 aliphatic heterocycles. The molecule has 1 aliphatic carbocycles. The molecular formula is C19H30O. The quantitative estimate of drug-likeness (QED) is 0.825. The van der Waals surface area contributed by atoms with Gasteiger partial charge < -0.3 is 5.11 Å². The number of rotatable bonds is 4. The van der Waals surface area contributed by atoms with Gasteiger partial charge in [0.05, 0.1) is 0 Å². The lowest BCUT2D eigenvalue weighted by molar-refractivity contribution is 0.169. The third-order valence-electron chi connectivity index (χ3n) is 5.00. The van der Waals surface area contributed by atoms with E-state index < -0.39 is 0 Å². The van der Waals surface area contributed by atoms with Crippen LogP contribution in [0.3, 0.4) is 0 Å². The summed E-state index contributed by atoms with van der Waals surface area (Å²) in [6.45, 7) is 7.44. The van der Waals surface area contributed by atoms with E-state index in [-0.39, 0.29) is 0 Å². The first-order valence-corrected chi connectivity index (χ1v) is 8.20. The Bertz CT molecular complexity index is 408. The molecule has 1 nitrogen and oxygen atoms in total. The number of aryl methyl sites for hydroxylation is 1. The Morgan fingerprint density at radius 1 is 1.10 bits per heavy atom. The SMILES string of the molecule is CC(C)(C)C1CCC(c2cccc(CCCO)c2)CC1. The van der Waals surface area contributed by atoms with Crippen molar-refractivity contribution in [1.82, 2.24) is 0 Å². The predicted molar refractivity (Wildman–Crippen MR) is 86.0 cm³/mol. The van der Waals surface area contributed by atoms with Gasteiger partial charge in [-0.2, -0.15) is 0 Å². The topological polar surface area (TPSA) is 20.2 Å². The normalized spacial score (nSPS) is 23.8. The molecule has 0 saturated heterocycles. The van der Waals surface area contributed by atoms with Crippen LogP contribution in [-0.2, 0) is 6.42 Å². The van der Waals surface area contributed by atoms with Crippen molar-refractivity contribution in [3.05, 3.63) is 35.4 Å². The smallest absolute Gasteiger partial charge is 0.0434 e. The van der Waals surface area contributed by atoms with Crippen molar-refractivity contribution in [3.8, 4) is 0 Å². The van der Waals surface area contributed by atoms with Crippen LogP contribution in [0.15, 0.2) is 24.3 Å². The summed E-state index contributed by atoms with van der Waals surface area (Å²) in [7, 11) is 0. The van der Waals surface area contributed by atoms with E-state index in [1.165, 1.54) is 36.8 Å². The lowest BCUT2D eigenvalue weighted by Crippen LogP contribution is -2.25. The molecule has 2 rings (SSSR count). The molecular weight excluding hydrogens is 244 g/mol. The third kappa shape index (κ3) is 4.09. The average Bonchev–Trinajstić information content (AvgIpc) is 2.45. The van der Waals surface area contributed by atoms with E-state index >= 15 is 0 Å². The summed E-state index contributed by atoms with van der Waals surface area (Å²) in [5.41, 5.74) is 3.37. The van der Waals surface area contributed by atoms with Crippen molar-refractivity contribution >= 4 is 0 Å². The molecule has 1 aromatic carbocycles. The summed E-state index contributed by atoms with van der Waals surface area (Å²) in [5, 5.41) is 8.95. The highest BCUT2D eigenvalue weighted by Gasteiger charge is 2.30. The monoisotopic (exact) mass is 274 g/mol. The minimum Gasteiger partial charge on any atom is -0.396 e. The van der Waals surface area contributed by atoms with Crippen molar-refractivity contribution < 1.29 is 5.11 Å². The molecule has 112 valence electrons. The van der Waals surface area contributed by atoms with Crippen molar-refractivity contribution in [3.63, 3.8) is 0 Å². The lowest BCUT2D eigenvalue weighted by atomic mass is 9.68. The van der Waals surface area contributed by atoms with Crippen LogP contribution in [-0.4, -0.2) is 11.7 Å². The zero-order chi connectivity index (χ0) is 14.6. The molecule has 20 heavy (non-hydrogen) atoms. The Labute approximate surface area is 124 Å². The fourth-order valence-electron chi connectivity index (χ4n) is 3.58. The molecule has 1 N–H and O–H groups in total. The first-order valence-electron chi connectivity index (χ1n) is 8.20. The second-order valence-corrected chi connectivity index (χ2v) is 7.49. The molecule has 0 radical (unpaired) electrons. The molecule has 0 unspecified atom stereocenters. The summed E-state index contributed by atoms with van der Waals surface area (Å²) in [5.74, 6) is 1.64. The summed E-state index contributed by atoms with van der Waals surface area (Å²) in [6, 6.07) is 9.06. The Balaban J connectivity index is 1.96. The van der Waals surface area contributed by atoms with Gasteiger partial charge in [0.2, 0.25) is 0 Å². The van der Waals surface area contributed by atoms with Gasteiger partial charge in [-0.05, 0) is 66.9 Å². The maximum Gasteiger partial charge on any atom is 0.0434 e. The van der Waals surface area contributed by atoms with E-state index in [1.807, 2.05) is 0 Å². The van der Waals surface area contributed by atoms with Gasteiger partial charge in [0.1, 0.15) is 0 Å². The first-order chi connectivity index (χ1) is 9.50. The van der Waals surface area contributed by atoms with Gasteiger partial charge in [0, 0.05) is 6.61 Å². The average molecular weight is 274 g/mol. The van der Waals surface area contributed by atoms with Crippen molar-refractivity contribution in [2.75, 3.05) is 6.61 Å². The van der Waals surface area contributed by atoms with E-state index in [0.29, 0.717) is 12.0 Å². The number of hydrogen-bond acceptors (Lipinski definition) is 1. The maximum atomic E-state index is 8.95. The summed E-state index contributed by atoms with van der Waals surface area (Å²) >= 11 is 0. The summed E-state index contributed by atoms with van der Waals surface area (Å²) in [4.78, 5) is 0. The van der Waals surface area contributed by atoms with Gasteiger partial charge in [-0.1, -0.05) is 45.0 Å². The third-order valence-corrected chi connectivity index (χ3v) is 5.00. The van der Waals surface area contributed by atoms with Crippen molar-refractivity contribution in [2.24, 2.45) is 11.3 Å². The van der Waals surface area contributed by atoms with Crippen LogP contribution in [0.5, 0.6) is 0 Å². The lowest BCUT2D eigenvalue weighted by Gasteiger charge is -2.37. The number of aliphatic hydroxyl groups excluding tert-OH is 1. The second kappa shape index (κ2) is 6.76. The Hall–Kier alpha value is -0.820. The minimum atomic E-state index is 0.293. The van der Waals surface area contributed by atoms with E-state index in [1.54, 1.807) is 0 Å². The molecule has 0 heterocycles. The van der Waals surface area contributed by atoms with Crippen LogP contribution in [0.4, 0.5) is 0 Å². The van der Waals surface area contributed by atoms with Crippen LogP contribution in [0.25, 0.3) is 0 Å². The summed E-state index contributed by atoms with van der Waals surface area (Å²) in [6.07, 6.45) is 7.29.